The minimum Gasteiger partial charge on any atom is -0.497 e. The number of aryl methyl sites for hydroxylation is 1. The summed E-state index contributed by atoms with van der Waals surface area (Å²) < 4.78 is 11.1. The number of anilines is 2. The molecular formula is C35H31N3O6S2. The Balaban J connectivity index is 1.05. The number of amides is 3. The Bertz CT molecular complexity index is 1920. The summed E-state index contributed by atoms with van der Waals surface area (Å²) in [5.41, 5.74) is 3.32. The number of ether oxygens (including phenoxy) is 2. The van der Waals surface area contributed by atoms with Crippen molar-refractivity contribution in [1.29, 1.82) is 0 Å². The van der Waals surface area contributed by atoms with E-state index >= 15 is 0 Å². The molecule has 9 nitrogen and oxygen atoms in total. The van der Waals surface area contributed by atoms with Crippen LogP contribution in [0.1, 0.15) is 28.3 Å². The maximum absolute atomic E-state index is 14.0. The number of nitrogens with one attached hydrogen (secondary N) is 2. The van der Waals surface area contributed by atoms with Crippen LogP contribution in [0.4, 0.5) is 11.4 Å². The van der Waals surface area contributed by atoms with Gasteiger partial charge in [-0.1, -0.05) is 41.7 Å². The molecule has 3 amide bonds. The van der Waals surface area contributed by atoms with E-state index in [1.54, 1.807) is 43.1 Å². The van der Waals surface area contributed by atoms with Crippen LogP contribution in [0.2, 0.25) is 0 Å². The summed E-state index contributed by atoms with van der Waals surface area (Å²) in [6.07, 6.45) is 0.818. The first-order chi connectivity index (χ1) is 22.3. The van der Waals surface area contributed by atoms with Crippen molar-refractivity contribution in [2.75, 3.05) is 23.9 Å². The highest BCUT2D eigenvalue weighted by Crippen LogP contribution is 2.68. The van der Waals surface area contributed by atoms with Crippen LogP contribution in [0.15, 0.2) is 82.6 Å². The van der Waals surface area contributed by atoms with E-state index in [9.17, 15) is 19.2 Å². The molecule has 6 unspecified atom stereocenters. The predicted octanol–water partition coefficient (Wildman–Crippen LogP) is 5.45. The van der Waals surface area contributed by atoms with Gasteiger partial charge in [0, 0.05) is 21.7 Å². The van der Waals surface area contributed by atoms with Gasteiger partial charge < -0.3 is 19.8 Å². The lowest BCUT2D eigenvalue weighted by Crippen LogP contribution is -2.42. The minimum absolute atomic E-state index is 0.0172. The largest absolute Gasteiger partial charge is 0.497 e. The first kappa shape index (κ1) is 29.1. The Morgan fingerprint density at radius 2 is 1.63 bits per heavy atom. The average Bonchev–Trinajstić information content (AvgIpc) is 3.80. The van der Waals surface area contributed by atoms with Crippen molar-refractivity contribution in [2.24, 2.45) is 29.6 Å². The number of fused-ring (bicyclic) bond motifs is 9. The number of carbonyl (C=O) groups excluding carboxylic acids is 3. The number of benzene rings is 3. The van der Waals surface area contributed by atoms with E-state index in [2.05, 4.69) is 10.3 Å². The fraction of sp³-hybridized carbons (Fsp3) is 0.314. The Morgan fingerprint density at radius 1 is 0.935 bits per heavy atom. The molecule has 7 atom stereocenters. The molecule has 1 aromatic heterocycles. The van der Waals surface area contributed by atoms with Crippen molar-refractivity contribution < 1.29 is 23.9 Å². The fourth-order valence-corrected chi connectivity index (χ4v) is 11.1. The van der Waals surface area contributed by atoms with Gasteiger partial charge in [-0.3, -0.25) is 24.1 Å². The SMILES string of the molecule is COc1ccc(N2C(=O)C3C4CC(C3C2=O)C2C4Sc3[nH]c(=O)sc3[C@@H]2c2ccc(OCC(=O)Nc3ccccc3C)cc2)cc1. The number of aromatic nitrogens is 1. The maximum Gasteiger partial charge on any atom is 0.305 e. The summed E-state index contributed by atoms with van der Waals surface area (Å²) in [4.78, 5) is 58.3. The van der Waals surface area contributed by atoms with Gasteiger partial charge >= 0.3 is 4.87 Å². The highest BCUT2D eigenvalue weighted by atomic mass is 32.2. The number of aromatic amines is 1. The number of thiazole rings is 1. The molecule has 11 heteroatoms. The zero-order chi connectivity index (χ0) is 31.7. The number of imide groups is 1. The molecule has 1 saturated heterocycles. The molecule has 8 rings (SSSR count). The van der Waals surface area contributed by atoms with Gasteiger partial charge in [0.2, 0.25) is 11.8 Å². The lowest BCUT2D eigenvalue weighted by atomic mass is 9.68. The molecule has 0 spiro atoms. The number of para-hydroxylation sites is 1. The lowest BCUT2D eigenvalue weighted by Gasteiger charge is -2.43. The summed E-state index contributed by atoms with van der Waals surface area (Å²) in [5.74, 6) is 0.0366. The zero-order valence-corrected chi connectivity index (χ0v) is 26.7. The smallest absolute Gasteiger partial charge is 0.305 e. The number of hydrogen-bond acceptors (Lipinski definition) is 8. The van der Waals surface area contributed by atoms with Gasteiger partial charge in [0.15, 0.2) is 6.61 Å². The van der Waals surface area contributed by atoms with E-state index < -0.39 is 0 Å². The molecule has 2 bridgehead atoms. The van der Waals surface area contributed by atoms with Gasteiger partial charge in [-0.15, -0.1) is 11.8 Å². The second-order valence-electron chi connectivity index (χ2n) is 12.4. The molecule has 0 radical (unpaired) electrons. The molecule has 4 aliphatic rings. The summed E-state index contributed by atoms with van der Waals surface area (Å²) in [6, 6.07) is 22.3. The Kier molecular flexibility index (Phi) is 7.06. The number of nitrogens with zero attached hydrogens (tertiary/aromatic N) is 1. The molecule has 3 heterocycles. The molecule has 2 saturated carbocycles. The molecule has 2 aliphatic heterocycles. The molecule has 2 N–H and O–H groups in total. The van der Waals surface area contributed by atoms with Crippen LogP contribution < -0.4 is 24.6 Å². The first-order valence-corrected chi connectivity index (χ1v) is 17.0. The molecule has 234 valence electrons. The Hall–Kier alpha value is -4.35. The van der Waals surface area contributed by atoms with Crippen molar-refractivity contribution in [2.45, 2.75) is 29.5 Å². The van der Waals surface area contributed by atoms with Crippen LogP contribution in [0.5, 0.6) is 11.5 Å². The van der Waals surface area contributed by atoms with E-state index in [0.717, 1.165) is 33.1 Å². The van der Waals surface area contributed by atoms with Gasteiger partial charge in [0.05, 0.1) is 29.7 Å². The van der Waals surface area contributed by atoms with E-state index in [-0.39, 0.29) is 70.0 Å². The summed E-state index contributed by atoms with van der Waals surface area (Å²) in [5, 5.41) is 3.85. The van der Waals surface area contributed by atoms with Crippen molar-refractivity contribution >= 4 is 52.2 Å². The molecule has 3 aromatic carbocycles. The second-order valence-corrected chi connectivity index (χ2v) is 14.6. The number of H-pyrrole nitrogens is 1. The van der Waals surface area contributed by atoms with Crippen LogP contribution in [0, 0.1) is 36.5 Å². The quantitative estimate of drug-likeness (QED) is 0.255. The van der Waals surface area contributed by atoms with Crippen LogP contribution in [0.3, 0.4) is 0 Å². The lowest BCUT2D eigenvalue weighted by molar-refractivity contribution is -0.123. The van der Waals surface area contributed by atoms with Gasteiger partial charge in [-0.25, -0.2) is 0 Å². The summed E-state index contributed by atoms with van der Waals surface area (Å²) in [7, 11) is 1.58. The normalized spacial score (nSPS) is 27.3. The van der Waals surface area contributed by atoms with Gasteiger partial charge in [0.1, 0.15) is 11.5 Å². The van der Waals surface area contributed by atoms with Gasteiger partial charge in [0.25, 0.3) is 5.91 Å². The summed E-state index contributed by atoms with van der Waals surface area (Å²) >= 11 is 2.89. The number of hydrogen-bond donors (Lipinski definition) is 2. The zero-order valence-electron chi connectivity index (χ0n) is 25.1. The van der Waals surface area contributed by atoms with Gasteiger partial charge in [-0.2, -0.15) is 0 Å². The van der Waals surface area contributed by atoms with Crippen molar-refractivity contribution in [3.05, 3.63) is 98.5 Å². The van der Waals surface area contributed by atoms with Crippen molar-refractivity contribution in [1.82, 2.24) is 4.98 Å². The number of carbonyl (C=O) groups is 3. The third-order valence-corrected chi connectivity index (χ3v) is 12.7. The maximum atomic E-state index is 14.0. The highest BCUT2D eigenvalue weighted by molar-refractivity contribution is 8.00. The summed E-state index contributed by atoms with van der Waals surface area (Å²) in [6.45, 7) is 1.81. The number of methoxy groups -OCH3 is 1. The predicted molar refractivity (Wildman–Crippen MR) is 176 cm³/mol. The van der Waals surface area contributed by atoms with Crippen LogP contribution in [-0.2, 0) is 14.4 Å². The molecule has 3 fully saturated rings. The third kappa shape index (κ3) is 4.59. The average molecular weight is 654 g/mol. The Morgan fingerprint density at radius 3 is 2.35 bits per heavy atom. The minimum atomic E-state index is -0.379. The van der Waals surface area contributed by atoms with E-state index in [1.807, 2.05) is 55.5 Å². The standard InChI is InChI=1S/C35H31N3O6S2/c1-17-5-3-4-6-24(17)36-25(39)16-44-21-11-7-18(8-12-21)26-27-22-15-23(30(27)45-32-31(26)46-35(42)37-32)29-28(22)33(40)38(34(29)41)19-9-13-20(43-2)14-10-19/h3-14,22-23,26-30H,15-16H2,1-2H3,(H,36,39)(H,37,42)/t22?,23?,26-,27?,28?,29?,30?/m1/s1. The van der Waals surface area contributed by atoms with Gasteiger partial charge in [-0.05, 0) is 84.7 Å². The monoisotopic (exact) mass is 653 g/mol. The molecular weight excluding hydrogens is 623 g/mol. The second kappa shape index (κ2) is 11.2. The number of rotatable bonds is 7. The van der Waals surface area contributed by atoms with Crippen LogP contribution in [-0.4, -0.2) is 41.7 Å². The highest BCUT2D eigenvalue weighted by Gasteiger charge is 2.69. The third-order valence-electron chi connectivity index (χ3n) is 10.1. The molecule has 46 heavy (non-hydrogen) atoms. The topological polar surface area (TPSA) is 118 Å². The van der Waals surface area contributed by atoms with E-state index in [4.69, 9.17) is 9.47 Å². The first-order valence-electron chi connectivity index (χ1n) is 15.3. The van der Waals surface area contributed by atoms with E-state index in [0.29, 0.717) is 17.2 Å². The fourth-order valence-electron chi connectivity index (χ4n) is 8.20. The van der Waals surface area contributed by atoms with Crippen molar-refractivity contribution in [3.63, 3.8) is 0 Å². The number of thioether (sulfide) groups is 1. The Labute approximate surface area is 273 Å². The molecule has 4 aromatic rings. The van der Waals surface area contributed by atoms with Crippen LogP contribution >= 0.6 is 23.1 Å². The molecule has 2 aliphatic carbocycles. The van der Waals surface area contributed by atoms with E-state index in [1.165, 1.54) is 16.2 Å². The van der Waals surface area contributed by atoms with Crippen LogP contribution in [0.25, 0.3) is 0 Å². The van der Waals surface area contributed by atoms with Crippen molar-refractivity contribution in [3.8, 4) is 11.5 Å².